The summed E-state index contributed by atoms with van der Waals surface area (Å²) in [5.74, 6) is -1.58. The molecule has 0 bridgehead atoms. The average molecular weight is 294 g/mol. The first-order valence-electron chi connectivity index (χ1n) is 6.92. The van der Waals surface area contributed by atoms with Gasteiger partial charge in [-0.1, -0.05) is 12.1 Å². The normalized spacial score (nSPS) is 12.8. The molecule has 1 aromatic carbocycles. The average Bonchev–Trinajstić information content (AvgIpc) is 2.96. The van der Waals surface area contributed by atoms with Crippen molar-refractivity contribution in [3.63, 3.8) is 0 Å². The van der Waals surface area contributed by atoms with Crippen molar-refractivity contribution < 1.29 is 13.2 Å². The second-order valence-electron chi connectivity index (χ2n) is 5.14. The predicted molar refractivity (Wildman–Crippen MR) is 77.8 cm³/mol. The molecule has 5 heteroatoms. The fraction of sp³-hybridized carbons (Fsp3) is 0.375. The highest BCUT2D eigenvalue weighted by molar-refractivity contribution is 5.22. The molecule has 1 atom stereocenters. The van der Waals surface area contributed by atoms with Gasteiger partial charge in [0.2, 0.25) is 0 Å². The minimum atomic E-state index is -0.806. The smallest absolute Gasteiger partial charge is 0.163 e. The van der Waals surface area contributed by atoms with Crippen LogP contribution in [0.5, 0.6) is 0 Å². The molecular formula is C16H20F2N2O. The number of nitrogens with zero attached hydrogens (tertiary/aromatic N) is 1. The van der Waals surface area contributed by atoms with Crippen LogP contribution in [-0.4, -0.2) is 25.5 Å². The molecule has 0 fully saturated rings. The zero-order chi connectivity index (χ0) is 15.2. The van der Waals surface area contributed by atoms with E-state index in [1.54, 1.807) is 25.6 Å². The van der Waals surface area contributed by atoms with Gasteiger partial charge in [0.25, 0.3) is 0 Å². The molecular weight excluding hydrogens is 274 g/mol. The van der Waals surface area contributed by atoms with Crippen LogP contribution in [0, 0.1) is 11.6 Å². The molecule has 1 aromatic heterocycles. The summed E-state index contributed by atoms with van der Waals surface area (Å²) in [5, 5.41) is 3.05. The third-order valence-electron chi connectivity index (χ3n) is 3.54. The standard InChI is InChI=1S/C16H20F2N2O/c1-19-15(13-4-3-5-14(17)16(13)18)6-8-20(2)10-12-7-9-21-11-12/h3-5,7,9,11,15,19H,6,8,10H2,1-2H3. The van der Waals surface area contributed by atoms with E-state index in [0.717, 1.165) is 24.7 Å². The first-order chi connectivity index (χ1) is 10.1. The molecule has 0 saturated carbocycles. The largest absolute Gasteiger partial charge is 0.472 e. The van der Waals surface area contributed by atoms with E-state index < -0.39 is 11.6 Å². The third kappa shape index (κ3) is 4.12. The molecule has 2 rings (SSSR count). The summed E-state index contributed by atoms with van der Waals surface area (Å²) in [7, 11) is 3.74. The second kappa shape index (κ2) is 7.33. The van der Waals surface area contributed by atoms with Crippen molar-refractivity contribution >= 4 is 0 Å². The van der Waals surface area contributed by atoms with Crippen LogP contribution in [0.2, 0.25) is 0 Å². The quantitative estimate of drug-likeness (QED) is 0.849. The van der Waals surface area contributed by atoms with E-state index in [2.05, 4.69) is 10.2 Å². The molecule has 2 aromatic rings. The summed E-state index contributed by atoms with van der Waals surface area (Å²) < 4.78 is 32.2. The van der Waals surface area contributed by atoms with Gasteiger partial charge in [-0.25, -0.2) is 8.78 Å². The highest BCUT2D eigenvalue weighted by atomic mass is 19.2. The highest BCUT2D eigenvalue weighted by Crippen LogP contribution is 2.22. The zero-order valence-corrected chi connectivity index (χ0v) is 12.3. The fourth-order valence-corrected chi connectivity index (χ4v) is 2.37. The SMILES string of the molecule is CNC(CCN(C)Cc1ccoc1)c1cccc(F)c1F. The fourth-order valence-electron chi connectivity index (χ4n) is 2.37. The Morgan fingerprint density at radius 3 is 2.76 bits per heavy atom. The van der Waals surface area contributed by atoms with Gasteiger partial charge in [0, 0.05) is 23.7 Å². The van der Waals surface area contributed by atoms with Gasteiger partial charge in [-0.05, 0) is 39.2 Å². The highest BCUT2D eigenvalue weighted by Gasteiger charge is 2.17. The van der Waals surface area contributed by atoms with E-state index in [4.69, 9.17) is 4.42 Å². The molecule has 114 valence electrons. The lowest BCUT2D eigenvalue weighted by Crippen LogP contribution is -2.25. The van der Waals surface area contributed by atoms with Gasteiger partial charge in [-0.3, -0.25) is 0 Å². The van der Waals surface area contributed by atoms with E-state index in [1.807, 2.05) is 13.1 Å². The number of halogens is 2. The number of hydrogen-bond donors (Lipinski definition) is 1. The lowest BCUT2D eigenvalue weighted by molar-refractivity contribution is 0.300. The van der Waals surface area contributed by atoms with Gasteiger partial charge in [0.15, 0.2) is 11.6 Å². The zero-order valence-electron chi connectivity index (χ0n) is 12.3. The Hall–Kier alpha value is -1.72. The van der Waals surface area contributed by atoms with Gasteiger partial charge in [-0.15, -0.1) is 0 Å². The summed E-state index contributed by atoms with van der Waals surface area (Å²) >= 11 is 0. The Balaban J connectivity index is 1.94. The van der Waals surface area contributed by atoms with Crippen LogP contribution < -0.4 is 5.32 Å². The van der Waals surface area contributed by atoms with Crippen LogP contribution in [-0.2, 0) is 6.54 Å². The maximum atomic E-state index is 13.8. The molecule has 0 radical (unpaired) electrons. The maximum absolute atomic E-state index is 13.8. The van der Waals surface area contributed by atoms with E-state index in [1.165, 1.54) is 6.07 Å². The lowest BCUT2D eigenvalue weighted by atomic mass is 10.0. The van der Waals surface area contributed by atoms with Crippen molar-refractivity contribution in [1.82, 2.24) is 10.2 Å². The third-order valence-corrected chi connectivity index (χ3v) is 3.54. The monoisotopic (exact) mass is 294 g/mol. The van der Waals surface area contributed by atoms with Crippen molar-refractivity contribution in [1.29, 1.82) is 0 Å². The molecule has 0 aliphatic rings. The van der Waals surface area contributed by atoms with E-state index in [-0.39, 0.29) is 6.04 Å². The summed E-state index contributed by atoms with van der Waals surface area (Å²) in [4.78, 5) is 2.12. The maximum Gasteiger partial charge on any atom is 0.163 e. The van der Waals surface area contributed by atoms with Crippen LogP contribution in [0.4, 0.5) is 8.78 Å². The first kappa shape index (κ1) is 15.7. The Kier molecular flexibility index (Phi) is 5.47. The molecule has 1 unspecified atom stereocenters. The molecule has 0 spiro atoms. The Morgan fingerprint density at radius 2 is 2.10 bits per heavy atom. The molecule has 0 amide bonds. The summed E-state index contributed by atoms with van der Waals surface area (Å²) in [6, 6.07) is 5.99. The molecule has 0 aliphatic carbocycles. The number of nitrogens with one attached hydrogen (secondary N) is 1. The van der Waals surface area contributed by atoms with Crippen molar-refractivity contribution in [2.45, 2.75) is 19.0 Å². The van der Waals surface area contributed by atoms with Gasteiger partial charge in [-0.2, -0.15) is 0 Å². The number of furan rings is 1. The molecule has 1 heterocycles. The number of benzene rings is 1. The van der Waals surface area contributed by atoms with Crippen LogP contribution in [0.15, 0.2) is 41.2 Å². The van der Waals surface area contributed by atoms with Crippen molar-refractivity contribution in [2.75, 3.05) is 20.6 Å². The van der Waals surface area contributed by atoms with Crippen molar-refractivity contribution in [3.8, 4) is 0 Å². The minimum absolute atomic E-state index is 0.215. The lowest BCUT2D eigenvalue weighted by Gasteiger charge is -2.22. The predicted octanol–water partition coefficient (Wildman–Crippen LogP) is 3.34. The van der Waals surface area contributed by atoms with Gasteiger partial charge in [0.05, 0.1) is 12.5 Å². The molecule has 21 heavy (non-hydrogen) atoms. The van der Waals surface area contributed by atoms with Crippen LogP contribution in [0.25, 0.3) is 0 Å². The first-order valence-corrected chi connectivity index (χ1v) is 6.92. The summed E-state index contributed by atoms with van der Waals surface area (Å²) in [6.45, 7) is 1.52. The number of hydrogen-bond acceptors (Lipinski definition) is 3. The van der Waals surface area contributed by atoms with Crippen LogP contribution in [0.3, 0.4) is 0 Å². The second-order valence-corrected chi connectivity index (χ2v) is 5.14. The Labute approximate surface area is 123 Å². The van der Waals surface area contributed by atoms with Crippen molar-refractivity contribution in [3.05, 3.63) is 59.6 Å². The number of rotatable bonds is 7. The van der Waals surface area contributed by atoms with Crippen molar-refractivity contribution in [2.24, 2.45) is 0 Å². The summed E-state index contributed by atoms with van der Waals surface area (Å²) in [5.41, 5.74) is 1.46. The molecule has 0 saturated heterocycles. The summed E-state index contributed by atoms with van der Waals surface area (Å²) in [6.07, 6.45) is 4.03. The Bertz CT molecular complexity index is 557. The van der Waals surface area contributed by atoms with Crippen LogP contribution in [0.1, 0.15) is 23.6 Å². The molecule has 3 nitrogen and oxygen atoms in total. The van der Waals surface area contributed by atoms with Gasteiger partial charge < -0.3 is 14.6 Å². The molecule has 1 N–H and O–H groups in total. The van der Waals surface area contributed by atoms with E-state index >= 15 is 0 Å². The van der Waals surface area contributed by atoms with E-state index in [9.17, 15) is 8.78 Å². The molecule has 0 aliphatic heterocycles. The Morgan fingerprint density at radius 1 is 1.29 bits per heavy atom. The van der Waals surface area contributed by atoms with Gasteiger partial charge in [0.1, 0.15) is 0 Å². The minimum Gasteiger partial charge on any atom is -0.472 e. The van der Waals surface area contributed by atoms with Crippen LogP contribution >= 0.6 is 0 Å². The van der Waals surface area contributed by atoms with E-state index in [0.29, 0.717) is 12.0 Å². The van der Waals surface area contributed by atoms with Gasteiger partial charge >= 0.3 is 0 Å². The topological polar surface area (TPSA) is 28.4 Å².